The number of hydrogen-bond donors (Lipinski definition) is 0. The maximum Gasteiger partial charge on any atom is 0.336 e. The maximum atomic E-state index is 11.8. The van der Waals surface area contributed by atoms with E-state index in [1.54, 1.807) is 7.11 Å². The second kappa shape index (κ2) is 5.84. The number of nitrogens with zero attached hydrogens (tertiary/aromatic N) is 1. The van der Waals surface area contributed by atoms with Crippen LogP contribution in [0.4, 0.5) is 5.69 Å². The van der Waals surface area contributed by atoms with Gasteiger partial charge in [0.2, 0.25) is 0 Å². The van der Waals surface area contributed by atoms with Crippen molar-refractivity contribution in [2.75, 3.05) is 18.7 Å². The predicted octanol–water partition coefficient (Wildman–Crippen LogP) is 3.77. The van der Waals surface area contributed by atoms with Gasteiger partial charge in [-0.15, -0.1) is 0 Å². The van der Waals surface area contributed by atoms with E-state index in [0.717, 1.165) is 39.3 Å². The lowest BCUT2D eigenvalue weighted by atomic mass is 10.0. The Morgan fingerprint density at radius 2 is 1.96 bits per heavy atom. The summed E-state index contributed by atoms with van der Waals surface area (Å²) in [5.74, 6) is 1.54. The Balaban J connectivity index is 1.85. The SMILES string of the molecule is COc1ccc(C)cc1N1COc2ccc3c(C)cc(=O)oc3c2C1. The van der Waals surface area contributed by atoms with Gasteiger partial charge in [-0.05, 0) is 49.2 Å². The molecule has 1 aromatic heterocycles. The first-order valence-electron chi connectivity index (χ1n) is 8.15. The van der Waals surface area contributed by atoms with Gasteiger partial charge in [0.05, 0.1) is 24.9 Å². The van der Waals surface area contributed by atoms with Crippen molar-refractivity contribution in [2.24, 2.45) is 0 Å². The van der Waals surface area contributed by atoms with Gasteiger partial charge in [0.1, 0.15) is 17.1 Å². The van der Waals surface area contributed by atoms with E-state index in [9.17, 15) is 4.79 Å². The number of hydrogen-bond acceptors (Lipinski definition) is 5. The first-order chi connectivity index (χ1) is 12.1. The van der Waals surface area contributed by atoms with Crippen LogP contribution in [0.1, 0.15) is 16.7 Å². The van der Waals surface area contributed by atoms with Crippen molar-refractivity contribution in [1.82, 2.24) is 0 Å². The van der Waals surface area contributed by atoms with Gasteiger partial charge in [-0.2, -0.15) is 0 Å². The topological polar surface area (TPSA) is 51.9 Å². The molecule has 0 radical (unpaired) electrons. The summed E-state index contributed by atoms with van der Waals surface area (Å²) < 4.78 is 16.9. The minimum Gasteiger partial charge on any atom is -0.495 e. The first kappa shape index (κ1) is 15.6. The minimum atomic E-state index is -0.344. The molecule has 0 saturated carbocycles. The lowest BCUT2D eigenvalue weighted by Crippen LogP contribution is -2.32. The molecule has 1 aliphatic heterocycles. The molecule has 2 aromatic carbocycles. The summed E-state index contributed by atoms with van der Waals surface area (Å²) in [7, 11) is 1.66. The number of rotatable bonds is 2. The summed E-state index contributed by atoms with van der Waals surface area (Å²) in [6.45, 7) is 4.95. The summed E-state index contributed by atoms with van der Waals surface area (Å²) >= 11 is 0. The lowest BCUT2D eigenvalue weighted by Gasteiger charge is -2.32. The Hall–Kier alpha value is -2.95. The number of benzene rings is 2. The van der Waals surface area contributed by atoms with Gasteiger partial charge in [-0.25, -0.2) is 4.79 Å². The Morgan fingerprint density at radius 3 is 2.76 bits per heavy atom. The molecule has 5 nitrogen and oxygen atoms in total. The van der Waals surface area contributed by atoms with E-state index in [4.69, 9.17) is 13.9 Å². The molecular formula is C20H19NO4. The fraction of sp³-hybridized carbons (Fsp3) is 0.250. The van der Waals surface area contributed by atoms with Crippen LogP contribution in [0.5, 0.6) is 11.5 Å². The van der Waals surface area contributed by atoms with Gasteiger partial charge in [-0.3, -0.25) is 0 Å². The fourth-order valence-electron chi connectivity index (χ4n) is 3.29. The van der Waals surface area contributed by atoms with Crippen molar-refractivity contribution in [2.45, 2.75) is 20.4 Å². The molecule has 0 unspecified atom stereocenters. The Labute approximate surface area is 145 Å². The molecular weight excluding hydrogens is 318 g/mol. The van der Waals surface area contributed by atoms with E-state index in [0.29, 0.717) is 18.9 Å². The summed E-state index contributed by atoms with van der Waals surface area (Å²) in [5.41, 5.74) is 4.14. The van der Waals surface area contributed by atoms with E-state index in [1.807, 2.05) is 38.1 Å². The Bertz CT molecular complexity index is 1020. The number of ether oxygens (including phenoxy) is 2. The molecule has 5 heteroatoms. The molecule has 0 N–H and O–H groups in total. The highest BCUT2D eigenvalue weighted by Crippen LogP contribution is 2.37. The van der Waals surface area contributed by atoms with Crippen LogP contribution in [0.15, 0.2) is 45.6 Å². The summed E-state index contributed by atoms with van der Waals surface area (Å²) in [5, 5.41) is 0.931. The van der Waals surface area contributed by atoms with Gasteiger partial charge < -0.3 is 18.8 Å². The highest BCUT2D eigenvalue weighted by atomic mass is 16.5. The average Bonchev–Trinajstić information content (AvgIpc) is 2.61. The van der Waals surface area contributed by atoms with Crippen molar-refractivity contribution >= 4 is 16.7 Å². The maximum absolute atomic E-state index is 11.8. The van der Waals surface area contributed by atoms with Crippen LogP contribution in [0.2, 0.25) is 0 Å². The summed E-state index contributed by atoms with van der Waals surface area (Å²) in [6.07, 6.45) is 0. The van der Waals surface area contributed by atoms with Gasteiger partial charge in [0, 0.05) is 11.5 Å². The number of anilines is 1. The van der Waals surface area contributed by atoms with Gasteiger partial charge in [0.15, 0.2) is 6.73 Å². The Kier molecular flexibility index (Phi) is 3.64. The van der Waals surface area contributed by atoms with Crippen LogP contribution < -0.4 is 20.0 Å². The number of aryl methyl sites for hydroxylation is 2. The van der Waals surface area contributed by atoms with Crippen molar-refractivity contribution in [3.05, 3.63) is 63.5 Å². The van der Waals surface area contributed by atoms with Crippen molar-refractivity contribution in [3.8, 4) is 11.5 Å². The van der Waals surface area contributed by atoms with E-state index in [-0.39, 0.29) is 5.63 Å². The summed E-state index contributed by atoms with van der Waals surface area (Å²) in [4.78, 5) is 13.9. The Morgan fingerprint density at radius 1 is 1.12 bits per heavy atom. The van der Waals surface area contributed by atoms with Crippen LogP contribution in [-0.4, -0.2) is 13.8 Å². The van der Waals surface area contributed by atoms with Crippen molar-refractivity contribution in [1.29, 1.82) is 0 Å². The van der Waals surface area contributed by atoms with Crippen LogP contribution in [0.25, 0.3) is 11.0 Å². The molecule has 1 aliphatic rings. The van der Waals surface area contributed by atoms with Gasteiger partial charge in [-0.1, -0.05) is 6.07 Å². The van der Waals surface area contributed by atoms with E-state index in [2.05, 4.69) is 11.0 Å². The zero-order valence-electron chi connectivity index (χ0n) is 14.5. The molecule has 2 heterocycles. The molecule has 0 atom stereocenters. The molecule has 0 fully saturated rings. The highest BCUT2D eigenvalue weighted by molar-refractivity contribution is 5.85. The largest absolute Gasteiger partial charge is 0.495 e. The smallest absolute Gasteiger partial charge is 0.336 e. The number of methoxy groups -OCH3 is 1. The third-order valence-corrected chi connectivity index (χ3v) is 4.58. The molecule has 0 amide bonds. The molecule has 0 aliphatic carbocycles. The van der Waals surface area contributed by atoms with Crippen LogP contribution in [-0.2, 0) is 6.54 Å². The van der Waals surface area contributed by atoms with Crippen LogP contribution in [0.3, 0.4) is 0 Å². The van der Waals surface area contributed by atoms with E-state index < -0.39 is 0 Å². The van der Waals surface area contributed by atoms with Crippen LogP contribution >= 0.6 is 0 Å². The minimum absolute atomic E-state index is 0.344. The zero-order valence-corrected chi connectivity index (χ0v) is 14.5. The molecule has 0 bridgehead atoms. The molecule has 0 saturated heterocycles. The standard InChI is InChI=1S/C20H19NO4/c1-12-4-6-18(23-3)16(8-12)21-10-15-17(24-11-21)7-5-14-13(2)9-19(22)25-20(14)15/h4-9H,10-11H2,1-3H3. The fourth-order valence-corrected chi connectivity index (χ4v) is 3.29. The third kappa shape index (κ3) is 2.61. The van der Waals surface area contributed by atoms with Crippen LogP contribution in [0, 0.1) is 13.8 Å². The summed E-state index contributed by atoms with van der Waals surface area (Å²) in [6, 6.07) is 11.4. The molecule has 128 valence electrons. The van der Waals surface area contributed by atoms with Crippen molar-refractivity contribution in [3.63, 3.8) is 0 Å². The van der Waals surface area contributed by atoms with E-state index in [1.165, 1.54) is 6.07 Å². The molecule has 4 rings (SSSR count). The molecule has 0 spiro atoms. The van der Waals surface area contributed by atoms with Gasteiger partial charge in [0.25, 0.3) is 0 Å². The average molecular weight is 337 g/mol. The van der Waals surface area contributed by atoms with Gasteiger partial charge >= 0.3 is 5.63 Å². The monoisotopic (exact) mass is 337 g/mol. The second-order valence-corrected chi connectivity index (χ2v) is 6.31. The normalized spacial score (nSPS) is 13.5. The first-order valence-corrected chi connectivity index (χ1v) is 8.15. The predicted molar refractivity (Wildman–Crippen MR) is 96.6 cm³/mol. The van der Waals surface area contributed by atoms with E-state index >= 15 is 0 Å². The third-order valence-electron chi connectivity index (χ3n) is 4.58. The second-order valence-electron chi connectivity index (χ2n) is 6.31. The van der Waals surface area contributed by atoms with Crippen molar-refractivity contribution < 1.29 is 13.9 Å². The molecule has 3 aromatic rings. The highest BCUT2D eigenvalue weighted by Gasteiger charge is 2.24. The molecule has 25 heavy (non-hydrogen) atoms. The zero-order chi connectivity index (χ0) is 17.6. The lowest BCUT2D eigenvalue weighted by molar-refractivity contribution is 0.287. The number of fused-ring (bicyclic) bond motifs is 3. The quantitative estimate of drug-likeness (QED) is 0.666.